The maximum Gasteiger partial charge on any atom is 0.262 e. The Morgan fingerprint density at radius 1 is 1.08 bits per heavy atom. The number of benzene rings is 1. The molecule has 1 aliphatic carbocycles. The van der Waals surface area contributed by atoms with E-state index in [4.69, 9.17) is 0 Å². The second-order valence-corrected chi connectivity index (χ2v) is 7.21. The van der Waals surface area contributed by atoms with Crippen LogP contribution in [0, 0.1) is 11.6 Å². The second-order valence-electron chi connectivity index (χ2n) is 6.24. The molecular formula is C20H16F2N2OS. The van der Waals surface area contributed by atoms with Crippen LogP contribution in [0.4, 0.5) is 14.6 Å². The van der Waals surface area contributed by atoms with E-state index >= 15 is 0 Å². The summed E-state index contributed by atoms with van der Waals surface area (Å²) in [7, 11) is 0. The number of hydrogen-bond acceptors (Lipinski definition) is 3. The average Bonchev–Trinajstić information content (AvgIpc) is 3.06. The highest BCUT2D eigenvalue weighted by molar-refractivity contribution is 7.10. The Bertz CT molecular complexity index is 946. The SMILES string of the molecule is O=C(Nc1ccc(-c2csc3c2CCCC3)cn1)c1c(F)cccc1F. The molecule has 0 fully saturated rings. The van der Waals surface area contributed by atoms with Gasteiger partial charge in [0.1, 0.15) is 23.0 Å². The predicted octanol–water partition coefficient (Wildman–Crippen LogP) is 5.22. The van der Waals surface area contributed by atoms with Gasteiger partial charge < -0.3 is 5.32 Å². The van der Waals surface area contributed by atoms with Crippen LogP contribution in [0.25, 0.3) is 11.1 Å². The minimum Gasteiger partial charge on any atom is -0.306 e. The van der Waals surface area contributed by atoms with E-state index in [2.05, 4.69) is 15.7 Å². The van der Waals surface area contributed by atoms with Gasteiger partial charge in [-0.3, -0.25) is 4.79 Å². The van der Waals surface area contributed by atoms with E-state index < -0.39 is 23.1 Å². The van der Waals surface area contributed by atoms with Crippen molar-refractivity contribution in [2.24, 2.45) is 0 Å². The number of carbonyl (C=O) groups is 1. The molecule has 1 N–H and O–H groups in total. The number of aryl methyl sites for hydroxylation is 1. The molecule has 132 valence electrons. The van der Waals surface area contributed by atoms with Gasteiger partial charge in [-0.2, -0.15) is 0 Å². The van der Waals surface area contributed by atoms with Crippen LogP contribution in [-0.2, 0) is 12.8 Å². The van der Waals surface area contributed by atoms with Gasteiger partial charge in [-0.1, -0.05) is 6.07 Å². The first kappa shape index (κ1) is 16.8. The number of amides is 1. The van der Waals surface area contributed by atoms with Crippen molar-refractivity contribution >= 4 is 23.1 Å². The summed E-state index contributed by atoms with van der Waals surface area (Å²) < 4.78 is 27.4. The Balaban J connectivity index is 1.55. The van der Waals surface area contributed by atoms with E-state index in [1.165, 1.54) is 34.9 Å². The van der Waals surface area contributed by atoms with Gasteiger partial charge in [0.2, 0.25) is 0 Å². The first-order chi connectivity index (χ1) is 12.6. The van der Waals surface area contributed by atoms with Crippen LogP contribution in [0.1, 0.15) is 33.6 Å². The fourth-order valence-electron chi connectivity index (χ4n) is 3.26. The minimum atomic E-state index is -0.899. The molecule has 0 radical (unpaired) electrons. The fourth-order valence-corrected chi connectivity index (χ4v) is 4.41. The highest BCUT2D eigenvalue weighted by Gasteiger charge is 2.19. The summed E-state index contributed by atoms with van der Waals surface area (Å²) in [5.74, 6) is -2.40. The van der Waals surface area contributed by atoms with Gasteiger partial charge in [0, 0.05) is 16.6 Å². The standard InChI is InChI=1S/C20H16F2N2OS/c21-15-5-3-6-16(22)19(15)20(25)24-18-9-8-12(10-23-18)14-11-26-17-7-2-1-4-13(14)17/h3,5-6,8-11H,1-2,4,7H2,(H,23,24,25). The first-order valence-corrected chi connectivity index (χ1v) is 9.32. The number of halogens is 2. The highest BCUT2D eigenvalue weighted by Crippen LogP contribution is 2.36. The summed E-state index contributed by atoms with van der Waals surface area (Å²) in [6.07, 6.45) is 6.34. The Hall–Kier alpha value is -2.60. The molecule has 0 spiro atoms. The third-order valence-electron chi connectivity index (χ3n) is 4.57. The zero-order valence-corrected chi connectivity index (χ0v) is 14.7. The van der Waals surface area contributed by atoms with Crippen LogP contribution in [0.15, 0.2) is 41.9 Å². The number of hydrogen-bond donors (Lipinski definition) is 1. The third kappa shape index (κ3) is 3.12. The lowest BCUT2D eigenvalue weighted by Crippen LogP contribution is -2.16. The first-order valence-electron chi connectivity index (χ1n) is 8.44. The molecule has 1 amide bonds. The van der Waals surface area contributed by atoms with Crippen molar-refractivity contribution in [2.45, 2.75) is 25.7 Å². The van der Waals surface area contributed by atoms with E-state index in [1.807, 2.05) is 6.07 Å². The lowest BCUT2D eigenvalue weighted by Gasteiger charge is -2.13. The van der Waals surface area contributed by atoms with Crippen molar-refractivity contribution in [3.63, 3.8) is 0 Å². The van der Waals surface area contributed by atoms with Gasteiger partial charge >= 0.3 is 0 Å². The normalized spacial score (nSPS) is 13.3. The lowest BCUT2D eigenvalue weighted by atomic mass is 9.93. The molecule has 1 aromatic carbocycles. The fraction of sp³-hybridized carbons (Fsp3) is 0.200. The van der Waals surface area contributed by atoms with E-state index in [0.29, 0.717) is 0 Å². The molecule has 0 unspecified atom stereocenters. The average molecular weight is 370 g/mol. The van der Waals surface area contributed by atoms with Crippen molar-refractivity contribution in [1.82, 2.24) is 4.98 Å². The van der Waals surface area contributed by atoms with Gasteiger partial charge in [0.15, 0.2) is 0 Å². The number of rotatable bonds is 3. The maximum absolute atomic E-state index is 13.7. The number of fused-ring (bicyclic) bond motifs is 1. The molecule has 0 saturated carbocycles. The van der Waals surface area contributed by atoms with Gasteiger partial charge in [-0.05, 0) is 66.5 Å². The topological polar surface area (TPSA) is 42.0 Å². The van der Waals surface area contributed by atoms with Crippen LogP contribution in [0.5, 0.6) is 0 Å². The lowest BCUT2D eigenvalue weighted by molar-refractivity contribution is 0.101. The number of aromatic nitrogens is 1. The number of nitrogens with one attached hydrogen (secondary N) is 1. The molecule has 1 aliphatic rings. The predicted molar refractivity (Wildman–Crippen MR) is 98.5 cm³/mol. The molecule has 2 heterocycles. The Labute approximate surface area is 153 Å². The third-order valence-corrected chi connectivity index (χ3v) is 5.66. The quantitative estimate of drug-likeness (QED) is 0.687. The van der Waals surface area contributed by atoms with Crippen LogP contribution >= 0.6 is 11.3 Å². The highest BCUT2D eigenvalue weighted by atomic mass is 32.1. The van der Waals surface area contributed by atoms with Crippen molar-refractivity contribution < 1.29 is 13.6 Å². The molecule has 3 nitrogen and oxygen atoms in total. The molecule has 4 rings (SSSR count). The van der Waals surface area contributed by atoms with Crippen LogP contribution in [0.3, 0.4) is 0 Å². The molecule has 0 bridgehead atoms. The Kier molecular flexibility index (Phi) is 4.51. The largest absolute Gasteiger partial charge is 0.306 e. The molecule has 0 atom stereocenters. The van der Waals surface area contributed by atoms with Crippen molar-refractivity contribution in [3.8, 4) is 11.1 Å². The zero-order chi connectivity index (χ0) is 18.1. The van der Waals surface area contributed by atoms with Crippen LogP contribution in [0.2, 0.25) is 0 Å². The molecule has 0 saturated heterocycles. The van der Waals surface area contributed by atoms with Gasteiger partial charge in [-0.25, -0.2) is 13.8 Å². The maximum atomic E-state index is 13.7. The zero-order valence-electron chi connectivity index (χ0n) is 13.9. The van der Waals surface area contributed by atoms with Crippen molar-refractivity contribution in [2.75, 3.05) is 5.32 Å². The molecule has 6 heteroatoms. The number of thiophene rings is 1. The summed E-state index contributed by atoms with van der Waals surface area (Å²) in [5.41, 5.74) is 2.97. The number of nitrogens with zero attached hydrogens (tertiary/aromatic N) is 1. The Morgan fingerprint density at radius 3 is 2.58 bits per heavy atom. The van der Waals surface area contributed by atoms with Crippen LogP contribution < -0.4 is 5.32 Å². The monoisotopic (exact) mass is 370 g/mol. The molecule has 3 aromatic rings. The van der Waals surface area contributed by atoms with E-state index in [1.54, 1.807) is 23.6 Å². The minimum absolute atomic E-state index is 0.255. The van der Waals surface area contributed by atoms with Crippen molar-refractivity contribution in [3.05, 3.63) is 69.5 Å². The smallest absolute Gasteiger partial charge is 0.262 e. The number of carbonyl (C=O) groups excluding carboxylic acids is 1. The van der Waals surface area contributed by atoms with Gasteiger partial charge in [0.05, 0.1) is 0 Å². The van der Waals surface area contributed by atoms with E-state index in [0.717, 1.165) is 30.5 Å². The van der Waals surface area contributed by atoms with Gasteiger partial charge in [-0.15, -0.1) is 11.3 Å². The van der Waals surface area contributed by atoms with E-state index in [-0.39, 0.29) is 5.82 Å². The van der Waals surface area contributed by atoms with E-state index in [9.17, 15) is 13.6 Å². The summed E-state index contributed by atoms with van der Waals surface area (Å²) >= 11 is 1.78. The molecule has 2 aromatic heterocycles. The Morgan fingerprint density at radius 2 is 1.85 bits per heavy atom. The second kappa shape index (κ2) is 6.96. The molecule has 0 aliphatic heterocycles. The summed E-state index contributed by atoms with van der Waals surface area (Å²) in [6, 6.07) is 6.84. The number of anilines is 1. The van der Waals surface area contributed by atoms with Crippen molar-refractivity contribution in [1.29, 1.82) is 0 Å². The van der Waals surface area contributed by atoms with Gasteiger partial charge in [0.25, 0.3) is 5.91 Å². The summed E-state index contributed by atoms with van der Waals surface area (Å²) in [6.45, 7) is 0. The van der Waals surface area contributed by atoms with Crippen LogP contribution in [-0.4, -0.2) is 10.9 Å². The number of pyridine rings is 1. The molecule has 26 heavy (non-hydrogen) atoms. The summed E-state index contributed by atoms with van der Waals surface area (Å²) in [4.78, 5) is 17.8. The molecular weight excluding hydrogens is 354 g/mol. The summed E-state index contributed by atoms with van der Waals surface area (Å²) in [5, 5.41) is 4.60.